The van der Waals surface area contributed by atoms with Crippen molar-refractivity contribution in [2.24, 2.45) is 0 Å². The lowest BCUT2D eigenvalue weighted by atomic mass is 10.1. The van der Waals surface area contributed by atoms with Crippen LogP contribution in [-0.2, 0) is 13.1 Å². The molecule has 0 aliphatic rings. The van der Waals surface area contributed by atoms with E-state index in [1.54, 1.807) is 18.4 Å². The number of anilines is 1. The van der Waals surface area contributed by atoms with Crippen molar-refractivity contribution in [3.63, 3.8) is 0 Å². The molecule has 4 heteroatoms. The van der Waals surface area contributed by atoms with Gasteiger partial charge in [-0.05, 0) is 36.4 Å². The van der Waals surface area contributed by atoms with Crippen molar-refractivity contribution in [3.8, 4) is 5.75 Å². The molecule has 1 aromatic carbocycles. The molecule has 0 atom stereocenters. The maximum absolute atomic E-state index is 9.39. The van der Waals surface area contributed by atoms with E-state index in [2.05, 4.69) is 11.8 Å². The molecule has 2 rings (SSSR count). The van der Waals surface area contributed by atoms with Crippen molar-refractivity contribution in [2.45, 2.75) is 20.0 Å². The Morgan fingerprint density at radius 1 is 1.28 bits per heavy atom. The number of benzene rings is 1. The fourth-order valence-corrected chi connectivity index (χ4v) is 1.86. The van der Waals surface area contributed by atoms with E-state index in [1.807, 2.05) is 18.2 Å². The average molecular weight is 246 g/mol. The first-order valence-electron chi connectivity index (χ1n) is 6.01. The molecule has 0 radical (unpaired) electrons. The van der Waals surface area contributed by atoms with Crippen molar-refractivity contribution in [1.82, 2.24) is 4.90 Å². The molecule has 3 N–H and O–H groups in total. The zero-order chi connectivity index (χ0) is 13.0. The summed E-state index contributed by atoms with van der Waals surface area (Å²) in [6, 6.07) is 9.18. The van der Waals surface area contributed by atoms with Crippen LogP contribution in [0.2, 0.25) is 0 Å². The molecule has 0 aliphatic carbocycles. The summed E-state index contributed by atoms with van der Waals surface area (Å²) in [4.78, 5) is 2.24. The highest BCUT2D eigenvalue weighted by molar-refractivity contribution is 5.53. The van der Waals surface area contributed by atoms with Gasteiger partial charge < -0.3 is 15.3 Å². The molecule has 1 aromatic heterocycles. The molecule has 0 aliphatic heterocycles. The molecule has 0 saturated heterocycles. The number of rotatable bonds is 5. The first-order valence-corrected chi connectivity index (χ1v) is 6.01. The molecule has 2 aromatic rings. The predicted molar refractivity (Wildman–Crippen MR) is 71.0 cm³/mol. The van der Waals surface area contributed by atoms with Gasteiger partial charge in [-0.1, -0.05) is 13.0 Å². The smallest absolute Gasteiger partial charge is 0.138 e. The number of nitrogen functional groups attached to an aromatic ring is 1. The first-order chi connectivity index (χ1) is 8.69. The van der Waals surface area contributed by atoms with Crippen molar-refractivity contribution >= 4 is 5.69 Å². The average Bonchev–Trinajstić information content (AvgIpc) is 2.86. The lowest BCUT2D eigenvalue weighted by molar-refractivity contribution is 0.248. The Balaban J connectivity index is 2.03. The van der Waals surface area contributed by atoms with Crippen LogP contribution in [0.25, 0.3) is 0 Å². The topological polar surface area (TPSA) is 62.6 Å². The van der Waals surface area contributed by atoms with E-state index in [-0.39, 0.29) is 5.75 Å². The lowest BCUT2D eigenvalue weighted by Crippen LogP contribution is -2.22. The van der Waals surface area contributed by atoms with Gasteiger partial charge in [0.1, 0.15) is 11.5 Å². The van der Waals surface area contributed by atoms with E-state index in [9.17, 15) is 5.11 Å². The zero-order valence-electron chi connectivity index (χ0n) is 10.5. The highest BCUT2D eigenvalue weighted by Gasteiger charge is 2.07. The van der Waals surface area contributed by atoms with Gasteiger partial charge in [0.25, 0.3) is 0 Å². The minimum atomic E-state index is 0.132. The van der Waals surface area contributed by atoms with Gasteiger partial charge in [-0.15, -0.1) is 0 Å². The quantitative estimate of drug-likeness (QED) is 0.628. The van der Waals surface area contributed by atoms with Gasteiger partial charge in [0.15, 0.2) is 0 Å². The Bertz CT molecular complexity index is 495. The Morgan fingerprint density at radius 2 is 2.11 bits per heavy atom. The molecule has 0 spiro atoms. The Kier molecular flexibility index (Phi) is 3.89. The maximum atomic E-state index is 9.39. The SMILES string of the molecule is CCN(Cc1ccc(O)c(N)c1)Cc1ccco1. The third-order valence-corrected chi connectivity index (χ3v) is 2.90. The number of phenols is 1. The van der Waals surface area contributed by atoms with Gasteiger partial charge in [-0.3, -0.25) is 4.90 Å². The van der Waals surface area contributed by atoms with Crippen molar-refractivity contribution < 1.29 is 9.52 Å². The molecule has 1 heterocycles. The van der Waals surface area contributed by atoms with Crippen LogP contribution >= 0.6 is 0 Å². The van der Waals surface area contributed by atoms with Crippen molar-refractivity contribution in [3.05, 3.63) is 47.9 Å². The zero-order valence-corrected chi connectivity index (χ0v) is 10.5. The van der Waals surface area contributed by atoms with Gasteiger partial charge in [-0.25, -0.2) is 0 Å². The molecule has 0 fully saturated rings. The summed E-state index contributed by atoms with van der Waals surface area (Å²) >= 11 is 0. The third kappa shape index (κ3) is 3.05. The fraction of sp³-hybridized carbons (Fsp3) is 0.286. The van der Waals surface area contributed by atoms with Crippen LogP contribution in [0.4, 0.5) is 5.69 Å². The summed E-state index contributed by atoms with van der Waals surface area (Å²) in [7, 11) is 0. The summed E-state index contributed by atoms with van der Waals surface area (Å²) in [5.74, 6) is 1.08. The third-order valence-electron chi connectivity index (χ3n) is 2.90. The monoisotopic (exact) mass is 246 g/mol. The number of aromatic hydroxyl groups is 1. The molecular formula is C14H18N2O2. The first kappa shape index (κ1) is 12.5. The summed E-state index contributed by atoms with van der Waals surface area (Å²) in [5, 5.41) is 9.39. The molecule has 0 amide bonds. The summed E-state index contributed by atoms with van der Waals surface area (Å²) in [6.07, 6.45) is 1.68. The highest BCUT2D eigenvalue weighted by Crippen LogP contribution is 2.21. The normalized spacial score (nSPS) is 11.0. The minimum Gasteiger partial charge on any atom is -0.506 e. The van der Waals surface area contributed by atoms with E-state index in [0.29, 0.717) is 5.69 Å². The molecule has 0 unspecified atom stereocenters. The van der Waals surface area contributed by atoms with Gasteiger partial charge in [0, 0.05) is 6.54 Å². The van der Waals surface area contributed by atoms with Crippen LogP contribution in [0.15, 0.2) is 41.0 Å². The fourth-order valence-electron chi connectivity index (χ4n) is 1.86. The van der Waals surface area contributed by atoms with Gasteiger partial charge in [0.2, 0.25) is 0 Å². The molecule has 4 nitrogen and oxygen atoms in total. The number of nitrogens with two attached hydrogens (primary N) is 1. The van der Waals surface area contributed by atoms with E-state index in [4.69, 9.17) is 10.2 Å². The van der Waals surface area contributed by atoms with Gasteiger partial charge >= 0.3 is 0 Å². The second kappa shape index (κ2) is 5.60. The minimum absolute atomic E-state index is 0.132. The van der Waals surface area contributed by atoms with E-state index in [0.717, 1.165) is 31.0 Å². The van der Waals surface area contributed by atoms with Gasteiger partial charge in [-0.2, -0.15) is 0 Å². The Hall–Kier alpha value is -1.94. The Morgan fingerprint density at radius 3 is 2.72 bits per heavy atom. The highest BCUT2D eigenvalue weighted by atomic mass is 16.3. The van der Waals surface area contributed by atoms with E-state index < -0.39 is 0 Å². The summed E-state index contributed by atoms with van der Waals surface area (Å²) < 4.78 is 5.34. The molecular weight excluding hydrogens is 228 g/mol. The number of nitrogens with zero attached hydrogens (tertiary/aromatic N) is 1. The van der Waals surface area contributed by atoms with Crippen LogP contribution in [0.5, 0.6) is 5.75 Å². The lowest BCUT2D eigenvalue weighted by Gasteiger charge is -2.19. The molecule has 18 heavy (non-hydrogen) atoms. The number of hydrogen-bond acceptors (Lipinski definition) is 4. The molecule has 0 bridgehead atoms. The van der Waals surface area contributed by atoms with E-state index >= 15 is 0 Å². The van der Waals surface area contributed by atoms with Crippen molar-refractivity contribution in [2.75, 3.05) is 12.3 Å². The second-order valence-corrected chi connectivity index (χ2v) is 4.28. The van der Waals surface area contributed by atoms with Crippen LogP contribution in [-0.4, -0.2) is 16.6 Å². The standard InChI is InChI=1S/C14H18N2O2/c1-2-16(10-12-4-3-7-18-12)9-11-5-6-14(17)13(15)8-11/h3-8,17H,2,9-10,15H2,1H3. The maximum Gasteiger partial charge on any atom is 0.138 e. The van der Waals surface area contributed by atoms with Crippen LogP contribution in [0, 0.1) is 0 Å². The van der Waals surface area contributed by atoms with Gasteiger partial charge in [0.05, 0.1) is 18.5 Å². The van der Waals surface area contributed by atoms with Crippen molar-refractivity contribution in [1.29, 1.82) is 0 Å². The van der Waals surface area contributed by atoms with Crippen LogP contribution in [0.1, 0.15) is 18.2 Å². The second-order valence-electron chi connectivity index (χ2n) is 4.28. The number of phenolic OH excluding ortho intramolecular Hbond substituents is 1. The molecule has 0 saturated carbocycles. The largest absolute Gasteiger partial charge is 0.506 e. The van der Waals surface area contributed by atoms with Crippen LogP contribution in [0.3, 0.4) is 0 Å². The van der Waals surface area contributed by atoms with E-state index in [1.165, 1.54) is 0 Å². The summed E-state index contributed by atoms with van der Waals surface area (Å²) in [6.45, 7) is 4.57. The number of furan rings is 1. The molecule has 96 valence electrons. The Labute approximate surface area is 107 Å². The summed E-state index contributed by atoms with van der Waals surface area (Å²) in [5.41, 5.74) is 7.19. The number of hydrogen-bond donors (Lipinski definition) is 2. The predicted octanol–water partition coefficient (Wildman–Crippen LogP) is 2.59. The van der Waals surface area contributed by atoms with Crippen LogP contribution < -0.4 is 5.73 Å².